The molecule has 1 aliphatic rings. The maximum atomic E-state index is 12.1. The molecule has 0 spiro atoms. The van der Waals surface area contributed by atoms with E-state index in [0.717, 1.165) is 61.9 Å². The monoisotopic (exact) mass is 424 g/mol. The van der Waals surface area contributed by atoms with Crippen LogP contribution in [0.4, 0.5) is 5.82 Å². The molecule has 3 rings (SSSR count). The van der Waals surface area contributed by atoms with E-state index >= 15 is 0 Å². The van der Waals surface area contributed by atoms with Crippen molar-refractivity contribution in [3.05, 3.63) is 52.5 Å². The van der Waals surface area contributed by atoms with Crippen molar-refractivity contribution in [1.82, 2.24) is 14.9 Å². The number of hydrogen-bond donors (Lipinski definition) is 0. The molecule has 6 nitrogen and oxygen atoms in total. The van der Waals surface area contributed by atoms with Gasteiger partial charge in [-0.25, -0.2) is 9.97 Å². The van der Waals surface area contributed by atoms with Gasteiger partial charge in [0.25, 0.3) is 0 Å². The molecule has 31 heavy (non-hydrogen) atoms. The molecule has 0 unspecified atom stereocenters. The van der Waals surface area contributed by atoms with Gasteiger partial charge >= 0.3 is 0 Å². The molecule has 1 aromatic heterocycles. The Morgan fingerprint density at radius 1 is 1.16 bits per heavy atom. The Bertz CT molecular complexity index is 891. The third kappa shape index (κ3) is 5.62. The van der Waals surface area contributed by atoms with E-state index in [9.17, 15) is 4.79 Å². The van der Waals surface area contributed by atoms with Crippen molar-refractivity contribution in [3.8, 4) is 0 Å². The third-order valence-corrected chi connectivity index (χ3v) is 6.12. The van der Waals surface area contributed by atoms with Crippen molar-refractivity contribution in [2.75, 3.05) is 38.2 Å². The topological polar surface area (TPSA) is 58.6 Å². The van der Waals surface area contributed by atoms with Crippen LogP contribution < -0.4 is 4.90 Å². The van der Waals surface area contributed by atoms with E-state index < -0.39 is 0 Å². The molecule has 168 valence electrons. The summed E-state index contributed by atoms with van der Waals surface area (Å²) in [7, 11) is 1.72. The zero-order valence-corrected chi connectivity index (χ0v) is 19.6. The summed E-state index contributed by atoms with van der Waals surface area (Å²) < 4.78 is 5.54. The lowest BCUT2D eigenvalue weighted by Gasteiger charge is -2.36. The fraction of sp³-hybridized carbons (Fsp3) is 0.560. The lowest BCUT2D eigenvalue weighted by molar-refractivity contribution is -0.131. The number of aromatic nitrogens is 2. The highest BCUT2D eigenvalue weighted by Gasteiger charge is 2.26. The van der Waals surface area contributed by atoms with Gasteiger partial charge in [-0.1, -0.05) is 50.6 Å². The van der Waals surface area contributed by atoms with Crippen LogP contribution in [0.5, 0.6) is 0 Å². The first-order valence-electron chi connectivity index (χ1n) is 11.4. The smallest absolute Gasteiger partial charge is 0.222 e. The van der Waals surface area contributed by atoms with Gasteiger partial charge in [-0.05, 0) is 18.9 Å². The summed E-state index contributed by atoms with van der Waals surface area (Å²) in [4.78, 5) is 26.4. The zero-order chi connectivity index (χ0) is 22.4. The van der Waals surface area contributed by atoms with Gasteiger partial charge in [0, 0.05) is 57.6 Å². The Morgan fingerprint density at radius 2 is 1.90 bits per heavy atom. The number of aryl methyl sites for hydroxylation is 1. The first-order chi connectivity index (χ1) is 15.0. The Balaban J connectivity index is 2.01. The maximum Gasteiger partial charge on any atom is 0.222 e. The van der Waals surface area contributed by atoms with Crippen LogP contribution in [-0.4, -0.2) is 54.1 Å². The first-order valence-corrected chi connectivity index (χ1v) is 11.4. The molecule has 0 radical (unpaired) electrons. The molecule has 1 atom stereocenters. The average molecular weight is 425 g/mol. The van der Waals surface area contributed by atoms with Gasteiger partial charge in [0.2, 0.25) is 5.91 Å². The average Bonchev–Trinajstić information content (AvgIpc) is 2.79. The molecule has 0 aliphatic carbocycles. The fourth-order valence-corrected chi connectivity index (χ4v) is 4.06. The molecular weight excluding hydrogens is 388 g/mol. The van der Waals surface area contributed by atoms with E-state index in [1.54, 1.807) is 7.11 Å². The highest BCUT2D eigenvalue weighted by atomic mass is 16.5. The number of benzene rings is 1. The minimum atomic E-state index is 0.225. The molecule has 6 heteroatoms. The van der Waals surface area contributed by atoms with E-state index in [1.165, 1.54) is 11.1 Å². The molecule has 0 N–H and O–H groups in total. The van der Waals surface area contributed by atoms with Gasteiger partial charge in [-0.2, -0.15) is 0 Å². The number of carbonyl (C=O) groups excluding carboxylic acids is 1. The molecule has 2 heterocycles. The van der Waals surface area contributed by atoms with Crippen LogP contribution in [0.25, 0.3) is 0 Å². The summed E-state index contributed by atoms with van der Waals surface area (Å²) in [6.07, 6.45) is 2.31. The second kappa shape index (κ2) is 10.7. The summed E-state index contributed by atoms with van der Waals surface area (Å²) in [5.74, 6) is 2.39. The standard InChI is InChI=1S/C25H36N4O2/c1-6-19(4)24-26-22(17-31-5)21(16-20-10-8-9-18(3)15-20)25(27-24)29-13-11-28(12-14-29)23(30)7-2/h8-10,15,19H,6-7,11-14,16-17H2,1-5H3/t19-/m0/s1. The number of piperazine rings is 1. The minimum Gasteiger partial charge on any atom is -0.378 e. The highest BCUT2D eigenvalue weighted by molar-refractivity contribution is 5.76. The normalized spacial score (nSPS) is 15.3. The minimum absolute atomic E-state index is 0.225. The number of rotatable bonds is 8. The molecule has 0 saturated carbocycles. The second-order valence-corrected chi connectivity index (χ2v) is 8.46. The van der Waals surface area contributed by atoms with Gasteiger partial charge in [0.05, 0.1) is 12.3 Å². The molecule has 1 amide bonds. The number of nitrogens with zero attached hydrogens (tertiary/aromatic N) is 4. The van der Waals surface area contributed by atoms with Gasteiger partial charge in [-0.3, -0.25) is 4.79 Å². The van der Waals surface area contributed by atoms with Crippen molar-refractivity contribution < 1.29 is 9.53 Å². The molecule has 1 aliphatic heterocycles. The van der Waals surface area contributed by atoms with Crippen molar-refractivity contribution in [2.24, 2.45) is 0 Å². The van der Waals surface area contributed by atoms with Crippen molar-refractivity contribution in [1.29, 1.82) is 0 Å². The predicted octanol–water partition coefficient (Wildman–Crippen LogP) is 4.09. The molecule has 2 aromatic rings. The van der Waals surface area contributed by atoms with E-state index in [-0.39, 0.29) is 11.8 Å². The Morgan fingerprint density at radius 3 is 2.52 bits per heavy atom. The van der Waals surface area contributed by atoms with Crippen molar-refractivity contribution in [3.63, 3.8) is 0 Å². The van der Waals surface area contributed by atoms with Crippen LogP contribution in [0.3, 0.4) is 0 Å². The molecule has 1 saturated heterocycles. The van der Waals surface area contributed by atoms with Gasteiger partial charge in [-0.15, -0.1) is 0 Å². The Labute approximate surface area is 186 Å². The molecule has 1 aromatic carbocycles. The first kappa shape index (κ1) is 23.2. The maximum absolute atomic E-state index is 12.1. The molecule has 0 bridgehead atoms. The SMILES string of the molecule is CCC(=O)N1CCN(c2nc([C@@H](C)CC)nc(COC)c2Cc2cccc(C)c2)CC1. The Kier molecular flexibility index (Phi) is 8.02. The largest absolute Gasteiger partial charge is 0.378 e. The lowest BCUT2D eigenvalue weighted by atomic mass is 10.0. The summed E-state index contributed by atoms with van der Waals surface area (Å²) >= 11 is 0. The van der Waals surface area contributed by atoms with Gasteiger partial charge < -0.3 is 14.5 Å². The molecule has 1 fully saturated rings. The van der Waals surface area contributed by atoms with Crippen molar-refractivity contribution >= 4 is 11.7 Å². The predicted molar refractivity (Wildman–Crippen MR) is 125 cm³/mol. The van der Waals surface area contributed by atoms with E-state index in [1.807, 2.05) is 11.8 Å². The quantitative estimate of drug-likeness (QED) is 0.639. The van der Waals surface area contributed by atoms with Gasteiger partial charge in [0.1, 0.15) is 11.6 Å². The summed E-state index contributed by atoms with van der Waals surface area (Å²) in [5.41, 5.74) is 4.60. The fourth-order valence-electron chi connectivity index (χ4n) is 4.06. The van der Waals surface area contributed by atoms with Crippen LogP contribution in [0.1, 0.15) is 67.7 Å². The lowest BCUT2D eigenvalue weighted by Crippen LogP contribution is -2.49. The van der Waals surface area contributed by atoms with Crippen molar-refractivity contribution in [2.45, 2.75) is 59.5 Å². The number of hydrogen-bond acceptors (Lipinski definition) is 5. The van der Waals surface area contributed by atoms with E-state index in [4.69, 9.17) is 14.7 Å². The van der Waals surface area contributed by atoms with Crippen LogP contribution in [0.2, 0.25) is 0 Å². The zero-order valence-electron chi connectivity index (χ0n) is 19.6. The van der Waals surface area contributed by atoms with Crippen LogP contribution in [-0.2, 0) is 22.6 Å². The van der Waals surface area contributed by atoms with Gasteiger partial charge in [0.15, 0.2) is 0 Å². The third-order valence-electron chi connectivity index (χ3n) is 6.12. The number of methoxy groups -OCH3 is 1. The highest BCUT2D eigenvalue weighted by Crippen LogP contribution is 2.29. The Hall–Kier alpha value is -2.47. The van der Waals surface area contributed by atoms with Crippen LogP contribution >= 0.6 is 0 Å². The van der Waals surface area contributed by atoms with E-state index in [0.29, 0.717) is 13.0 Å². The summed E-state index contributed by atoms with van der Waals surface area (Å²) in [6, 6.07) is 8.60. The summed E-state index contributed by atoms with van der Waals surface area (Å²) in [6.45, 7) is 11.9. The van der Waals surface area contributed by atoms with E-state index in [2.05, 4.69) is 49.9 Å². The number of ether oxygens (including phenoxy) is 1. The van der Waals surface area contributed by atoms with Crippen LogP contribution in [0, 0.1) is 6.92 Å². The number of anilines is 1. The number of carbonyl (C=O) groups is 1. The second-order valence-electron chi connectivity index (χ2n) is 8.46. The van der Waals surface area contributed by atoms with Crippen LogP contribution in [0.15, 0.2) is 24.3 Å². The number of amides is 1. The summed E-state index contributed by atoms with van der Waals surface area (Å²) in [5, 5.41) is 0. The molecular formula is C25H36N4O2.